The fourth-order valence-electron chi connectivity index (χ4n) is 4.91. The molecule has 38 heavy (non-hydrogen) atoms. The molecule has 0 saturated carbocycles. The molecule has 5 rings (SSSR count). The largest absolute Gasteiger partial charge is 0.394 e. The second kappa shape index (κ2) is 10.1. The number of halogens is 1. The smallest absolute Gasteiger partial charge is 0.345 e. The fourth-order valence-corrected chi connectivity index (χ4v) is 8.40. The summed E-state index contributed by atoms with van der Waals surface area (Å²) in [4.78, 5) is 24.7. The predicted molar refractivity (Wildman–Crippen MR) is 134 cm³/mol. The molecule has 3 aromatic rings. The van der Waals surface area contributed by atoms with Crippen molar-refractivity contribution in [1.82, 2.24) is 19.7 Å². The van der Waals surface area contributed by atoms with Gasteiger partial charge >= 0.3 is 7.60 Å². The van der Waals surface area contributed by atoms with E-state index in [0.29, 0.717) is 11.2 Å². The van der Waals surface area contributed by atoms with Gasteiger partial charge < -0.3 is 35.2 Å². The summed E-state index contributed by atoms with van der Waals surface area (Å²) < 4.78 is 43.4. The van der Waals surface area contributed by atoms with Gasteiger partial charge in [-0.15, -0.1) is 0 Å². The molecule has 6 N–H and O–H groups in total. The first kappa shape index (κ1) is 27.4. The van der Waals surface area contributed by atoms with Crippen molar-refractivity contribution in [3.8, 4) is 0 Å². The van der Waals surface area contributed by atoms with Crippen molar-refractivity contribution in [2.75, 3.05) is 17.7 Å². The molecule has 14 nitrogen and oxygen atoms in total. The Morgan fingerprint density at radius 1 is 1.21 bits per heavy atom. The molecule has 1 aliphatic heterocycles. The molecule has 0 radical (unpaired) electrons. The summed E-state index contributed by atoms with van der Waals surface area (Å²) in [7, 11) is -9.87. The summed E-state index contributed by atoms with van der Waals surface area (Å²) in [6.45, 7) is -1.33. The number of aliphatic hydroxyl groups is 3. The third-order valence-electron chi connectivity index (χ3n) is 6.79. The Balaban J connectivity index is 1.42. The van der Waals surface area contributed by atoms with Gasteiger partial charge in [0, 0.05) is 0 Å². The molecule has 6 atom stereocenters. The van der Waals surface area contributed by atoms with Gasteiger partial charge in [-0.3, -0.25) is 4.57 Å². The molecule has 0 amide bonds. The van der Waals surface area contributed by atoms with Crippen LogP contribution in [-0.2, 0) is 25.6 Å². The van der Waals surface area contributed by atoms with E-state index in [1.54, 1.807) is 0 Å². The Labute approximate surface area is 221 Å². The highest BCUT2D eigenvalue weighted by Crippen LogP contribution is 2.45. The zero-order valence-electron chi connectivity index (χ0n) is 19.6. The summed E-state index contributed by atoms with van der Waals surface area (Å²) in [5, 5.41) is 38.3. The first-order chi connectivity index (χ1) is 17.9. The van der Waals surface area contributed by atoms with Crippen molar-refractivity contribution in [3.05, 3.63) is 46.9 Å². The van der Waals surface area contributed by atoms with Crippen LogP contribution in [0.3, 0.4) is 0 Å². The van der Waals surface area contributed by atoms with Crippen LogP contribution in [-0.4, -0.2) is 88.9 Å². The Kier molecular flexibility index (Phi) is 7.26. The minimum atomic E-state index is -5.22. The number of aliphatic hydroxyl groups excluding tert-OH is 3. The van der Waals surface area contributed by atoms with E-state index >= 15 is 0 Å². The number of hydrogen-bond donors (Lipinski definition) is 6. The zero-order valence-corrected chi connectivity index (χ0v) is 22.0. The van der Waals surface area contributed by atoms with E-state index < -0.39 is 59.3 Å². The standard InChI is InChI=1S/C21H25ClN5O9PS/c22-21-25-18(24-13-6-5-10-3-1-2-4-11(10)13)12-7-23-27(19(12)26-21)20-17(30)16(29)14(36-20)9-38(34,35)15(8-28)37(31,32)33/h1-4,7,13-17,20,28-30H,5-6,8-9H2,(H,24,25,26)(H2,31,32,33)/t13?,14-,15?,16-,17-,20-/m1/s1. The Morgan fingerprint density at radius 2 is 1.95 bits per heavy atom. The van der Waals surface area contributed by atoms with Crippen LogP contribution in [0.1, 0.15) is 29.8 Å². The molecule has 1 saturated heterocycles. The van der Waals surface area contributed by atoms with Crippen molar-refractivity contribution < 1.29 is 42.8 Å². The monoisotopic (exact) mass is 589 g/mol. The molecule has 2 unspecified atom stereocenters. The zero-order chi connectivity index (χ0) is 27.4. The first-order valence-corrected chi connectivity index (χ1v) is 15.3. The van der Waals surface area contributed by atoms with Crippen molar-refractivity contribution >= 4 is 45.9 Å². The summed E-state index contributed by atoms with van der Waals surface area (Å²) >= 11 is 6.19. The number of nitrogens with zero attached hydrogens (tertiary/aromatic N) is 4. The maximum absolute atomic E-state index is 12.6. The molecule has 2 aromatic heterocycles. The van der Waals surface area contributed by atoms with E-state index in [0.717, 1.165) is 23.1 Å². The molecule has 206 valence electrons. The average Bonchev–Trinajstić information content (AvgIpc) is 3.51. The van der Waals surface area contributed by atoms with Gasteiger partial charge in [0.2, 0.25) is 5.28 Å². The lowest BCUT2D eigenvalue weighted by atomic mass is 10.1. The van der Waals surface area contributed by atoms with Gasteiger partial charge in [0.1, 0.15) is 24.1 Å². The third-order valence-corrected chi connectivity index (χ3v) is 11.4. The predicted octanol–water partition coefficient (Wildman–Crippen LogP) is 0.109. The maximum Gasteiger partial charge on any atom is 0.345 e. The van der Waals surface area contributed by atoms with Crippen LogP contribution in [0.5, 0.6) is 0 Å². The molecule has 17 heteroatoms. The number of sulfone groups is 1. The molecular weight excluding hydrogens is 565 g/mol. The van der Waals surface area contributed by atoms with Crippen LogP contribution >= 0.6 is 19.2 Å². The number of benzene rings is 1. The van der Waals surface area contributed by atoms with Gasteiger partial charge in [-0.2, -0.15) is 15.1 Å². The van der Waals surface area contributed by atoms with Crippen LogP contribution in [0.25, 0.3) is 11.0 Å². The molecule has 1 aromatic carbocycles. The SMILES string of the molecule is O=P(O)(O)C(CO)S(=O)(=O)C[C@H]1O[C@@H](n2ncc3c(NC4CCc5ccccc54)nc(Cl)nc32)[C@H](O)[C@@H]1O. The van der Waals surface area contributed by atoms with Crippen molar-refractivity contribution in [1.29, 1.82) is 0 Å². The summed E-state index contributed by atoms with van der Waals surface area (Å²) in [5.41, 5.74) is 2.49. The minimum Gasteiger partial charge on any atom is -0.394 e. The quantitative estimate of drug-likeness (QED) is 0.152. The normalized spacial score (nSPS) is 26.5. The van der Waals surface area contributed by atoms with Gasteiger partial charge in [-0.1, -0.05) is 24.3 Å². The topological polar surface area (TPSA) is 217 Å². The van der Waals surface area contributed by atoms with E-state index in [1.165, 1.54) is 11.8 Å². The molecule has 0 spiro atoms. The van der Waals surface area contributed by atoms with E-state index in [4.69, 9.17) is 16.3 Å². The number of aromatic nitrogens is 4. The highest BCUT2D eigenvalue weighted by molar-refractivity contribution is 7.98. The minimum absolute atomic E-state index is 0.0399. The van der Waals surface area contributed by atoms with Crippen LogP contribution < -0.4 is 5.32 Å². The van der Waals surface area contributed by atoms with Gasteiger partial charge in [-0.05, 0) is 35.6 Å². The van der Waals surface area contributed by atoms with Crippen LogP contribution in [0, 0.1) is 0 Å². The van der Waals surface area contributed by atoms with Crippen molar-refractivity contribution in [3.63, 3.8) is 0 Å². The maximum atomic E-state index is 12.6. The van der Waals surface area contributed by atoms with Crippen molar-refractivity contribution in [2.45, 2.75) is 48.4 Å². The van der Waals surface area contributed by atoms with E-state index in [9.17, 15) is 38.1 Å². The fraction of sp³-hybridized carbons (Fsp3) is 0.476. The lowest BCUT2D eigenvalue weighted by Crippen LogP contribution is -2.39. The molecule has 0 bridgehead atoms. The first-order valence-electron chi connectivity index (χ1n) is 11.5. The highest BCUT2D eigenvalue weighted by atomic mass is 35.5. The number of rotatable bonds is 8. The number of hydrogen-bond acceptors (Lipinski definition) is 11. The van der Waals surface area contributed by atoms with Gasteiger partial charge in [0.05, 0.1) is 30.0 Å². The van der Waals surface area contributed by atoms with Crippen LogP contribution in [0.2, 0.25) is 5.28 Å². The second-order valence-corrected chi connectivity index (χ2v) is 13.9. The number of ether oxygens (including phenoxy) is 1. The van der Waals surface area contributed by atoms with Crippen LogP contribution in [0.15, 0.2) is 30.5 Å². The molecule has 3 heterocycles. The Hall–Kier alpha value is -2.20. The van der Waals surface area contributed by atoms with Gasteiger partial charge in [-0.25, -0.2) is 13.1 Å². The molecule has 2 aliphatic rings. The number of anilines is 1. The highest BCUT2D eigenvalue weighted by Gasteiger charge is 2.49. The lowest BCUT2D eigenvalue weighted by Gasteiger charge is -2.20. The Morgan fingerprint density at radius 3 is 2.66 bits per heavy atom. The van der Waals surface area contributed by atoms with E-state index in [-0.39, 0.29) is 17.0 Å². The molecular formula is C21H25ClN5O9PS. The van der Waals surface area contributed by atoms with Crippen LogP contribution in [0.4, 0.5) is 5.82 Å². The summed E-state index contributed by atoms with van der Waals surface area (Å²) in [6, 6.07) is 7.96. The number of aryl methyl sites for hydroxylation is 1. The van der Waals surface area contributed by atoms with Gasteiger partial charge in [0.25, 0.3) is 0 Å². The lowest BCUT2D eigenvalue weighted by molar-refractivity contribution is -0.0365. The number of fused-ring (bicyclic) bond motifs is 2. The third kappa shape index (κ3) is 4.94. The Bertz CT molecular complexity index is 1520. The molecule has 1 fully saturated rings. The average molecular weight is 590 g/mol. The second-order valence-electron chi connectivity index (χ2n) is 9.20. The summed E-state index contributed by atoms with van der Waals surface area (Å²) in [6.07, 6.45) is -3.29. The number of nitrogens with one attached hydrogen (secondary N) is 1. The molecule has 1 aliphatic carbocycles. The van der Waals surface area contributed by atoms with E-state index in [1.807, 2.05) is 18.2 Å². The van der Waals surface area contributed by atoms with Gasteiger partial charge in [0.15, 0.2) is 26.7 Å². The van der Waals surface area contributed by atoms with E-state index in [2.05, 4.69) is 26.4 Å². The summed E-state index contributed by atoms with van der Waals surface area (Å²) in [5.74, 6) is -0.687. The van der Waals surface area contributed by atoms with Crippen molar-refractivity contribution in [2.24, 2.45) is 0 Å².